The van der Waals surface area contributed by atoms with Crippen molar-refractivity contribution in [3.63, 3.8) is 0 Å². The molecule has 1 aromatic rings. The Morgan fingerprint density at radius 3 is 2.39 bits per heavy atom. The van der Waals surface area contributed by atoms with Crippen LogP contribution in [0.3, 0.4) is 0 Å². The van der Waals surface area contributed by atoms with E-state index in [1.807, 2.05) is 24.5 Å². The van der Waals surface area contributed by atoms with Gasteiger partial charge in [0, 0.05) is 24.2 Å². The van der Waals surface area contributed by atoms with E-state index in [1.54, 1.807) is 0 Å². The van der Waals surface area contributed by atoms with Gasteiger partial charge in [-0.2, -0.15) is 0 Å². The minimum Gasteiger partial charge on any atom is -0.481 e. The van der Waals surface area contributed by atoms with Crippen LogP contribution < -0.4 is 10.9 Å². The van der Waals surface area contributed by atoms with Crippen molar-refractivity contribution < 1.29 is 14.7 Å². The largest absolute Gasteiger partial charge is 0.481 e. The van der Waals surface area contributed by atoms with Gasteiger partial charge < -0.3 is 15.0 Å². The van der Waals surface area contributed by atoms with Gasteiger partial charge in [-0.15, -0.1) is 0 Å². The number of hydrogen-bond donors (Lipinski definition) is 2. The topological polar surface area (TPSA) is 88.4 Å². The van der Waals surface area contributed by atoms with Crippen LogP contribution in [-0.4, -0.2) is 27.1 Å². The van der Waals surface area contributed by atoms with Crippen LogP contribution in [0.1, 0.15) is 106 Å². The molecule has 2 N–H and O–H groups in total. The van der Waals surface area contributed by atoms with Gasteiger partial charge in [0.1, 0.15) is 5.56 Å². The third-order valence-electron chi connectivity index (χ3n) is 6.93. The van der Waals surface area contributed by atoms with E-state index in [-0.39, 0.29) is 23.5 Å². The van der Waals surface area contributed by atoms with Crippen molar-refractivity contribution in [2.45, 2.75) is 109 Å². The van der Waals surface area contributed by atoms with Crippen molar-refractivity contribution in [3.8, 4) is 0 Å². The zero-order chi connectivity index (χ0) is 22.4. The summed E-state index contributed by atoms with van der Waals surface area (Å²) in [7, 11) is 0. The van der Waals surface area contributed by atoms with Gasteiger partial charge in [-0.3, -0.25) is 14.4 Å². The highest BCUT2D eigenvalue weighted by Gasteiger charge is 2.27. The second-order valence-corrected chi connectivity index (χ2v) is 10.1. The average Bonchev–Trinajstić information content (AvgIpc) is 2.70. The molecule has 31 heavy (non-hydrogen) atoms. The maximum atomic E-state index is 13.5. The molecule has 1 aromatic heterocycles. The molecule has 1 fully saturated rings. The Bertz CT molecular complexity index is 850. The second-order valence-electron chi connectivity index (χ2n) is 10.1. The minimum absolute atomic E-state index is 0.0244. The summed E-state index contributed by atoms with van der Waals surface area (Å²) >= 11 is 0. The summed E-state index contributed by atoms with van der Waals surface area (Å²) in [5.41, 5.74) is 1.61. The van der Waals surface area contributed by atoms with Gasteiger partial charge in [0.2, 0.25) is 0 Å². The molecule has 0 aliphatic heterocycles. The third-order valence-corrected chi connectivity index (χ3v) is 6.93. The van der Waals surface area contributed by atoms with Crippen LogP contribution >= 0.6 is 0 Å². The predicted molar refractivity (Wildman–Crippen MR) is 122 cm³/mol. The number of rotatable bonds is 7. The Kier molecular flexibility index (Phi) is 7.95. The molecule has 6 nitrogen and oxygen atoms in total. The van der Waals surface area contributed by atoms with Crippen LogP contribution in [0.15, 0.2) is 10.9 Å². The summed E-state index contributed by atoms with van der Waals surface area (Å²) in [6.45, 7) is 4.33. The number of fused-ring (bicyclic) bond motifs is 1. The molecule has 1 amide bonds. The molecule has 3 rings (SSSR count). The summed E-state index contributed by atoms with van der Waals surface area (Å²) in [6.07, 6.45) is 12.7. The van der Waals surface area contributed by atoms with Crippen LogP contribution in [0.5, 0.6) is 0 Å². The fraction of sp³-hybridized carbons (Fsp3) is 0.720. The summed E-state index contributed by atoms with van der Waals surface area (Å²) in [5.74, 6) is -0.771. The molecule has 0 saturated heterocycles. The molecule has 2 aliphatic rings. The minimum atomic E-state index is -0.891. The van der Waals surface area contributed by atoms with Gasteiger partial charge >= 0.3 is 5.97 Å². The Balaban J connectivity index is 1.92. The van der Waals surface area contributed by atoms with E-state index in [1.165, 1.54) is 32.1 Å². The van der Waals surface area contributed by atoms with Gasteiger partial charge in [-0.1, -0.05) is 32.1 Å². The zero-order valence-corrected chi connectivity index (χ0v) is 19.2. The van der Waals surface area contributed by atoms with Gasteiger partial charge in [-0.25, -0.2) is 0 Å². The highest BCUT2D eigenvalue weighted by atomic mass is 16.4. The maximum absolute atomic E-state index is 13.5. The Labute approximate surface area is 185 Å². The number of nitrogens with zero attached hydrogens (tertiary/aromatic N) is 1. The molecule has 172 valence electrons. The number of carbonyl (C=O) groups is 2. The first kappa shape index (κ1) is 23.6. The average molecular weight is 431 g/mol. The number of aliphatic carboxylic acids is 1. The van der Waals surface area contributed by atoms with Crippen LogP contribution in [0.2, 0.25) is 0 Å². The summed E-state index contributed by atoms with van der Waals surface area (Å²) in [6, 6.07) is 1.82. The molecule has 6 heteroatoms. The van der Waals surface area contributed by atoms with Crippen molar-refractivity contribution in [3.05, 3.63) is 33.2 Å². The number of hydrogen-bond acceptors (Lipinski definition) is 3. The van der Waals surface area contributed by atoms with Gasteiger partial charge in [0.15, 0.2) is 0 Å². The summed E-state index contributed by atoms with van der Waals surface area (Å²) in [4.78, 5) is 37.6. The van der Waals surface area contributed by atoms with Crippen LogP contribution in [0, 0.1) is 5.92 Å². The van der Waals surface area contributed by atoms with Crippen LogP contribution in [0.4, 0.5) is 0 Å². The molecule has 1 heterocycles. The lowest BCUT2D eigenvalue weighted by molar-refractivity contribution is -0.137. The SMILES string of the molecule is CC(C)(CCC(=O)O)NC(=O)c1cc2c(n(CC3CCCCC3)c1=O)CCCCCC2. The smallest absolute Gasteiger partial charge is 0.303 e. The normalized spacial score (nSPS) is 18.0. The first-order valence-corrected chi connectivity index (χ1v) is 12.1. The molecule has 0 aromatic carbocycles. The monoisotopic (exact) mass is 430 g/mol. The fourth-order valence-electron chi connectivity index (χ4n) is 5.07. The number of amides is 1. The van der Waals surface area contributed by atoms with E-state index in [0.717, 1.165) is 49.8 Å². The van der Waals surface area contributed by atoms with E-state index >= 15 is 0 Å². The molecule has 1 saturated carbocycles. The zero-order valence-electron chi connectivity index (χ0n) is 19.2. The second kappa shape index (κ2) is 10.5. The predicted octanol–water partition coefficient (Wildman–Crippen LogP) is 4.46. The lowest BCUT2D eigenvalue weighted by Gasteiger charge is -2.28. The van der Waals surface area contributed by atoms with Gasteiger partial charge in [0.25, 0.3) is 11.5 Å². The maximum Gasteiger partial charge on any atom is 0.303 e. The number of aryl methyl sites for hydroxylation is 1. The number of carboxylic acids is 1. The van der Waals surface area contributed by atoms with Gasteiger partial charge in [-0.05, 0) is 76.3 Å². The van der Waals surface area contributed by atoms with Crippen molar-refractivity contribution in [1.29, 1.82) is 0 Å². The standard InChI is InChI=1S/C25H38N2O4/c1-25(2,15-14-22(28)29)26-23(30)20-16-19-12-8-3-4-9-13-21(19)27(24(20)31)17-18-10-6-5-7-11-18/h16,18H,3-15,17H2,1-2H3,(H,26,30)(H,28,29). The van der Waals surface area contributed by atoms with E-state index in [2.05, 4.69) is 5.32 Å². The molecule has 0 unspecified atom stereocenters. The highest BCUT2D eigenvalue weighted by Crippen LogP contribution is 2.27. The molecule has 0 spiro atoms. The number of carbonyl (C=O) groups excluding carboxylic acids is 1. The molecule has 0 bridgehead atoms. The Morgan fingerprint density at radius 2 is 1.71 bits per heavy atom. The van der Waals surface area contributed by atoms with Crippen LogP contribution in [0.25, 0.3) is 0 Å². The lowest BCUT2D eigenvalue weighted by Crippen LogP contribution is -2.46. The van der Waals surface area contributed by atoms with Crippen molar-refractivity contribution >= 4 is 11.9 Å². The Morgan fingerprint density at radius 1 is 1.06 bits per heavy atom. The molecule has 0 atom stereocenters. The first-order chi connectivity index (χ1) is 14.8. The number of pyridine rings is 1. The van der Waals surface area contributed by atoms with Crippen molar-refractivity contribution in [2.24, 2.45) is 5.92 Å². The van der Waals surface area contributed by atoms with Crippen molar-refractivity contribution in [1.82, 2.24) is 9.88 Å². The lowest BCUT2D eigenvalue weighted by atomic mass is 9.88. The molecule has 0 radical (unpaired) electrons. The van der Waals surface area contributed by atoms with Gasteiger partial charge in [0.05, 0.1) is 0 Å². The van der Waals surface area contributed by atoms with Crippen molar-refractivity contribution in [2.75, 3.05) is 0 Å². The van der Waals surface area contributed by atoms with Crippen LogP contribution in [-0.2, 0) is 24.2 Å². The first-order valence-electron chi connectivity index (χ1n) is 12.1. The summed E-state index contributed by atoms with van der Waals surface area (Å²) < 4.78 is 1.93. The molecular formula is C25H38N2O4. The van der Waals surface area contributed by atoms with E-state index in [9.17, 15) is 14.4 Å². The number of carboxylic acid groups (broad SMARTS) is 1. The molecule has 2 aliphatic carbocycles. The Hall–Kier alpha value is -2.11. The summed E-state index contributed by atoms with van der Waals surface area (Å²) in [5, 5.41) is 11.9. The third kappa shape index (κ3) is 6.44. The number of aromatic nitrogens is 1. The highest BCUT2D eigenvalue weighted by molar-refractivity contribution is 5.94. The molecular weight excluding hydrogens is 392 g/mol. The quantitative estimate of drug-likeness (QED) is 0.668. The van der Waals surface area contributed by atoms with E-state index < -0.39 is 11.5 Å². The number of nitrogens with one attached hydrogen (secondary N) is 1. The van der Waals surface area contributed by atoms with E-state index in [4.69, 9.17) is 5.11 Å². The fourth-order valence-corrected chi connectivity index (χ4v) is 5.07. The van der Waals surface area contributed by atoms with E-state index in [0.29, 0.717) is 18.9 Å².